The first-order chi connectivity index (χ1) is 17.2. The van der Waals surface area contributed by atoms with E-state index >= 15 is 0 Å². The first-order valence-electron chi connectivity index (χ1n) is 11.0. The van der Waals surface area contributed by atoms with E-state index in [9.17, 15) is 9.18 Å². The van der Waals surface area contributed by atoms with Gasteiger partial charge in [-0.25, -0.2) is 19.2 Å². The molecule has 2 aromatic carbocycles. The Morgan fingerprint density at radius 1 is 1.17 bits per heavy atom. The normalized spacial score (nSPS) is 13.6. The molecule has 3 heterocycles. The van der Waals surface area contributed by atoms with E-state index in [1.807, 2.05) is 12.1 Å². The van der Waals surface area contributed by atoms with Crippen LogP contribution in [0.2, 0.25) is 0 Å². The maximum atomic E-state index is 14.0. The maximum Gasteiger partial charge on any atom is 0.350 e. The number of aromatic nitrogens is 5. The molecule has 4 aromatic rings. The van der Waals surface area contributed by atoms with Gasteiger partial charge < -0.3 is 20.2 Å². The van der Waals surface area contributed by atoms with Gasteiger partial charge in [0.15, 0.2) is 17.3 Å². The molecule has 0 saturated heterocycles. The SMILES string of the molecule is N=Cc1ccc(NC(c2cc(CF)c3c(c2)OCCCO3)c2nn(-c3ncccn3)c(=O)[nH]2)cc1. The number of hydrogen-bond donors (Lipinski definition) is 3. The van der Waals surface area contributed by atoms with Gasteiger partial charge in [0.1, 0.15) is 12.7 Å². The average molecular weight is 475 g/mol. The third kappa shape index (κ3) is 4.60. The molecule has 11 heteroatoms. The molecule has 10 nitrogen and oxygen atoms in total. The number of nitrogens with zero attached hydrogens (tertiary/aromatic N) is 4. The highest BCUT2D eigenvalue weighted by atomic mass is 19.1. The highest BCUT2D eigenvalue weighted by Crippen LogP contribution is 2.38. The van der Waals surface area contributed by atoms with Crippen molar-refractivity contribution in [3.8, 4) is 17.4 Å². The highest BCUT2D eigenvalue weighted by molar-refractivity contribution is 5.77. The summed E-state index contributed by atoms with van der Waals surface area (Å²) in [4.78, 5) is 23.7. The number of aromatic amines is 1. The van der Waals surface area contributed by atoms with E-state index in [1.165, 1.54) is 18.6 Å². The van der Waals surface area contributed by atoms with E-state index in [-0.39, 0.29) is 11.8 Å². The van der Waals surface area contributed by atoms with Crippen LogP contribution in [0.15, 0.2) is 59.7 Å². The van der Waals surface area contributed by atoms with E-state index in [0.29, 0.717) is 47.9 Å². The molecule has 0 bridgehead atoms. The summed E-state index contributed by atoms with van der Waals surface area (Å²) in [5, 5.41) is 15.2. The van der Waals surface area contributed by atoms with Crippen LogP contribution in [0.25, 0.3) is 5.95 Å². The third-order valence-corrected chi connectivity index (χ3v) is 5.46. The van der Waals surface area contributed by atoms with Crippen molar-refractivity contribution in [1.82, 2.24) is 24.7 Å². The molecule has 35 heavy (non-hydrogen) atoms. The van der Waals surface area contributed by atoms with Crippen molar-refractivity contribution in [3.63, 3.8) is 0 Å². The van der Waals surface area contributed by atoms with Crippen LogP contribution in [-0.2, 0) is 6.67 Å². The number of ether oxygens (including phenoxy) is 2. The summed E-state index contributed by atoms with van der Waals surface area (Å²) in [6.45, 7) is 0.139. The molecule has 1 aliphatic heterocycles. The van der Waals surface area contributed by atoms with Crippen molar-refractivity contribution < 1.29 is 13.9 Å². The van der Waals surface area contributed by atoms with Crippen LogP contribution in [0.5, 0.6) is 11.5 Å². The summed E-state index contributed by atoms with van der Waals surface area (Å²) in [6, 6.07) is 11.6. The fourth-order valence-electron chi connectivity index (χ4n) is 3.79. The number of benzene rings is 2. The predicted octanol–water partition coefficient (Wildman–Crippen LogP) is 3.18. The second-order valence-electron chi connectivity index (χ2n) is 7.81. The van der Waals surface area contributed by atoms with Crippen molar-refractivity contribution in [2.24, 2.45) is 0 Å². The highest BCUT2D eigenvalue weighted by Gasteiger charge is 2.25. The topological polar surface area (TPSA) is 131 Å². The molecule has 0 aliphatic carbocycles. The van der Waals surface area contributed by atoms with Crippen LogP contribution in [0.3, 0.4) is 0 Å². The zero-order chi connectivity index (χ0) is 24.2. The molecule has 5 rings (SSSR count). The van der Waals surface area contributed by atoms with Crippen LogP contribution in [0.1, 0.15) is 35.0 Å². The predicted molar refractivity (Wildman–Crippen MR) is 126 cm³/mol. The number of alkyl halides is 1. The molecule has 3 N–H and O–H groups in total. The monoisotopic (exact) mass is 475 g/mol. The van der Waals surface area contributed by atoms with Gasteiger partial charge >= 0.3 is 5.69 Å². The minimum Gasteiger partial charge on any atom is -0.490 e. The zero-order valence-electron chi connectivity index (χ0n) is 18.6. The first-order valence-corrected chi connectivity index (χ1v) is 11.0. The van der Waals surface area contributed by atoms with Crippen molar-refractivity contribution in [1.29, 1.82) is 5.41 Å². The Hall–Kier alpha value is -4.54. The van der Waals surface area contributed by atoms with Gasteiger partial charge in [-0.05, 0) is 41.5 Å². The standard InChI is InChI=1S/C24H22FN7O3/c25-13-17-11-16(12-19-21(17)35-10-2-9-34-19)20(29-18-5-3-15(14-26)4-6-18)22-30-24(33)32(31-22)23-27-7-1-8-28-23/h1,3-8,11-12,14,20,26,29H,2,9-10,13H2,(H,30,31,33). The van der Waals surface area contributed by atoms with Crippen LogP contribution in [0, 0.1) is 5.41 Å². The van der Waals surface area contributed by atoms with Gasteiger partial charge in [0.25, 0.3) is 5.95 Å². The molecule has 0 spiro atoms. The molecular weight excluding hydrogens is 453 g/mol. The quantitative estimate of drug-likeness (QED) is 0.350. The fourth-order valence-corrected chi connectivity index (χ4v) is 3.79. The van der Waals surface area contributed by atoms with Crippen molar-refractivity contribution in [3.05, 3.63) is 87.9 Å². The van der Waals surface area contributed by atoms with Gasteiger partial charge in [0.05, 0.1) is 13.2 Å². The molecule has 2 aromatic heterocycles. The Labute approximate surface area is 199 Å². The summed E-state index contributed by atoms with van der Waals surface area (Å²) in [7, 11) is 0. The molecule has 1 atom stereocenters. The summed E-state index contributed by atoms with van der Waals surface area (Å²) in [5.74, 6) is 1.22. The molecule has 0 amide bonds. The molecule has 178 valence electrons. The minimum absolute atomic E-state index is 0.122. The first kappa shape index (κ1) is 22.3. The molecular formula is C24H22FN7O3. The Bertz CT molecular complexity index is 1390. The second kappa shape index (κ2) is 9.75. The lowest BCUT2D eigenvalue weighted by atomic mass is 10.0. The van der Waals surface area contributed by atoms with Crippen LogP contribution < -0.4 is 20.5 Å². The van der Waals surface area contributed by atoms with Crippen LogP contribution in [0.4, 0.5) is 10.1 Å². The van der Waals surface area contributed by atoms with E-state index in [4.69, 9.17) is 14.9 Å². The van der Waals surface area contributed by atoms with E-state index in [2.05, 4.69) is 25.4 Å². The number of anilines is 1. The van der Waals surface area contributed by atoms with Crippen molar-refractivity contribution in [2.45, 2.75) is 19.1 Å². The number of halogens is 1. The number of rotatable bonds is 7. The molecule has 0 fully saturated rings. The van der Waals surface area contributed by atoms with Gasteiger partial charge in [0, 0.05) is 36.3 Å². The van der Waals surface area contributed by atoms with E-state index in [0.717, 1.165) is 10.2 Å². The Morgan fingerprint density at radius 2 is 1.94 bits per heavy atom. The summed E-state index contributed by atoms with van der Waals surface area (Å²) in [6.07, 6.45) is 4.96. The second-order valence-corrected chi connectivity index (χ2v) is 7.81. The number of H-pyrrole nitrogens is 1. The number of hydrogen-bond acceptors (Lipinski definition) is 8. The van der Waals surface area contributed by atoms with Crippen LogP contribution >= 0.6 is 0 Å². The van der Waals surface area contributed by atoms with Gasteiger partial charge in [-0.3, -0.25) is 4.98 Å². The smallest absolute Gasteiger partial charge is 0.350 e. The van der Waals surface area contributed by atoms with Gasteiger partial charge in [-0.2, -0.15) is 0 Å². The minimum atomic E-state index is -0.747. The lowest BCUT2D eigenvalue weighted by molar-refractivity contribution is 0.295. The lowest BCUT2D eigenvalue weighted by Crippen LogP contribution is -2.18. The molecule has 0 saturated carbocycles. The summed E-state index contributed by atoms with van der Waals surface area (Å²) < 4.78 is 26.7. The van der Waals surface area contributed by atoms with Gasteiger partial charge in [-0.15, -0.1) is 9.78 Å². The van der Waals surface area contributed by atoms with E-state index in [1.54, 1.807) is 30.3 Å². The zero-order valence-corrected chi connectivity index (χ0v) is 18.6. The van der Waals surface area contributed by atoms with Crippen LogP contribution in [-0.4, -0.2) is 44.2 Å². The third-order valence-electron chi connectivity index (χ3n) is 5.46. The Morgan fingerprint density at radius 3 is 2.69 bits per heavy atom. The molecule has 0 radical (unpaired) electrons. The average Bonchev–Trinajstić information content (AvgIpc) is 3.12. The number of nitrogens with one attached hydrogen (secondary N) is 3. The summed E-state index contributed by atoms with van der Waals surface area (Å²) >= 11 is 0. The fraction of sp³-hybridized carbons (Fsp3) is 0.208. The van der Waals surface area contributed by atoms with Gasteiger partial charge in [-0.1, -0.05) is 12.1 Å². The lowest BCUT2D eigenvalue weighted by Gasteiger charge is -2.21. The van der Waals surface area contributed by atoms with Crippen molar-refractivity contribution in [2.75, 3.05) is 18.5 Å². The Kier molecular flexibility index (Phi) is 6.20. The molecule has 1 unspecified atom stereocenters. The largest absolute Gasteiger partial charge is 0.490 e. The van der Waals surface area contributed by atoms with E-state index < -0.39 is 18.4 Å². The maximum absolute atomic E-state index is 14.0. The summed E-state index contributed by atoms with van der Waals surface area (Å²) in [5.41, 5.74) is 1.89. The Balaban J connectivity index is 1.61. The van der Waals surface area contributed by atoms with Gasteiger partial charge in [0.2, 0.25) is 0 Å². The molecule has 1 aliphatic rings. The van der Waals surface area contributed by atoms with Crippen molar-refractivity contribution >= 4 is 11.9 Å². The number of fused-ring (bicyclic) bond motifs is 1.